The minimum atomic E-state index is -0.793. The highest BCUT2D eigenvalue weighted by molar-refractivity contribution is 9.10. The molecule has 0 bridgehead atoms. The van der Waals surface area contributed by atoms with Crippen molar-refractivity contribution in [1.29, 1.82) is 0 Å². The molecule has 2 N–H and O–H groups in total. The minimum absolute atomic E-state index is 0.0201. The lowest BCUT2D eigenvalue weighted by Crippen LogP contribution is -2.48. The van der Waals surface area contributed by atoms with Crippen LogP contribution in [-0.2, 0) is 4.79 Å². The molecule has 0 heterocycles. The highest BCUT2D eigenvalue weighted by atomic mass is 79.9. The van der Waals surface area contributed by atoms with E-state index in [0.717, 1.165) is 0 Å². The van der Waals surface area contributed by atoms with Crippen LogP contribution in [0.1, 0.15) is 50.5 Å². The molecule has 0 aliphatic rings. The van der Waals surface area contributed by atoms with Crippen LogP contribution in [0.3, 0.4) is 0 Å². The molecule has 0 saturated heterocycles. The van der Waals surface area contributed by atoms with E-state index in [9.17, 15) is 9.59 Å². The van der Waals surface area contributed by atoms with E-state index in [-0.39, 0.29) is 12.0 Å². The number of nitrogens with zero attached hydrogens (tertiary/aromatic N) is 1. The quantitative estimate of drug-likeness (QED) is 0.322. The van der Waals surface area contributed by atoms with Gasteiger partial charge in [0.15, 0.2) is 11.5 Å². The average molecular weight is 539 g/mol. The number of rotatable bonds is 10. The van der Waals surface area contributed by atoms with Gasteiger partial charge in [-0.1, -0.05) is 37.6 Å². The summed E-state index contributed by atoms with van der Waals surface area (Å²) in [5.74, 6) is 0.142. The topological polar surface area (TPSA) is 89.0 Å². The van der Waals surface area contributed by atoms with Crippen LogP contribution in [0.15, 0.2) is 46.0 Å². The van der Waals surface area contributed by atoms with Crippen molar-refractivity contribution in [2.24, 2.45) is 11.0 Å². The number of benzene rings is 2. The van der Waals surface area contributed by atoms with E-state index in [0.29, 0.717) is 38.7 Å². The van der Waals surface area contributed by atoms with Gasteiger partial charge in [0.25, 0.3) is 11.8 Å². The van der Waals surface area contributed by atoms with Crippen molar-refractivity contribution in [2.45, 2.75) is 46.8 Å². The van der Waals surface area contributed by atoms with Crippen LogP contribution < -0.4 is 20.2 Å². The van der Waals surface area contributed by atoms with Gasteiger partial charge in [0.05, 0.1) is 34.0 Å². The van der Waals surface area contributed by atoms with Gasteiger partial charge in [0, 0.05) is 0 Å². The summed E-state index contributed by atoms with van der Waals surface area (Å²) in [5, 5.41) is 7.10. The smallest absolute Gasteiger partial charge is 0.262 e. The Hall–Kier alpha value is -2.58. The van der Waals surface area contributed by atoms with Gasteiger partial charge in [-0.2, -0.15) is 5.10 Å². The molecule has 178 valence electrons. The molecule has 2 rings (SSSR count). The molecule has 33 heavy (non-hydrogen) atoms. The van der Waals surface area contributed by atoms with Crippen LogP contribution in [0.5, 0.6) is 11.5 Å². The predicted molar refractivity (Wildman–Crippen MR) is 134 cm³/mol. The van der Waals surface area contributed by atoms with Crippen molar-refractivity contribution in [3.63, 3.8) is 0 Å². The molecule has 1 unspecified atom stereocenters. The fraction of sp³-hybridized carbons (Fsp3) is 0.375. The average Bonchev–Trinajstić information content (AvgIpc) is 2.74. The summed E-state index contributed by atoms with van der Waals surface area (Å²) in [6.45, 7) is 9.89. The van der Waals surface area contributed by atoms with Gasteiger partial charge < -0.3 is 14.8 Å². The van der Waals surface area contributed by atoms with Gasteiger partial charge in [0.1, 0.15) is 6.04 Å². The second kappa shape index (κ2) is 12.6. The first kappa shape index (κ1) is 26.7. The fourth-order valence-electron chi connectivity index (χ4n) is 2.91. The molecule has 0 aliphatic heterocycles. The first-order valence-electron chi connectivity index (χ1n) is 10.6. The summed E-state index contributed by atoms with van der Waals surface area (Å²) in [6.07, 6.45) is 1.48. The van der Waals surface area contributed by atoms with E-state index < -0.39 is 17.9 Å². The SMILES string of the molecule is CCOc1cc(/C=N/NC(=O)C(NC(=O)c2ccccc2Cl)C(C)C)cc(Br)c1OC(C)C. The summed E-state index contributed by atoms with van der Waals surface area (Å²) in [7, 11) is 0. The Bertz CT molecular complexity index is 1010. The summed E-state index contributed by atoms with van der Waals surface area (Å²) in [6, 6.07) is 9.47. The van der Waals surface area contributed by atoms with Gasteiger partial charge in [-0.05, 0) is 72.4 Å². The Morgan fingerprint density at radius 3 is 2.48 bits per heavy atom. The number of hydrazone groups is 1. The number of halogens is 2. The second-order valence-corrected chi connectivity index (χ2v) is 9.10. The van der Waals surface area contributed by atoms with Gasteiger partial charge in [-0.3, -0.25) is 9.59 Å². The molecule has 2 amide bonds. The Morgan fingerprint density at radius 1 is 1.18 bits per heavy atom. The third-order valence-electron chi connectivity index (χ3n) is 4.43. The number of nitrogens with one attached hydrogen (secondary N) is 2. The van der Waals surface area contributed by atoms with Crippen molar-refractivity contribution in [3.8, 4) is 11.5 Å². The lowest BCUT2D eigenvalue weighted by Gasteiger charge is -2.20. The van der Waals surface area contributed by atoms with Gasteiger partial charge in [-0.25, -0.2) is 5.43 Å². The number of hydrogen-bond donors (Lipinski definition) is 2. The molecule has 0 fully saturated rings. The summed E-state index contributed by atoms with van der Waals surface area (Å²) in [4.78, 5) is 25.3. The molecular weight excluding hydrogens is 510 g/mol. The number of ether oxygens (including phenoxy) is 2. The van der Waals surface area contributed by atoms with E-state index in [2.05, 4.69) is 31.8 Å². The molecule has 1 atom stereocenters. The molecule has 2 aromatic carbocycles. The number of hydrogen-bond acceptors (Lipinski definition) is 5. The zero-order valence-corrected chi connectivity index (χ0v) is 21.7. The lowest BCUT2D eigenvalue weighted by atomic mass is 10.0. The summed E-state index contributed by atoms with van der Waals surface area (Å²) in [5.41, 5.74) is 3.50. The normalized spacial score (nSPS) is 12.2. The zero-order valence-electron chi connectivity index (χ0n) is 19.3. The van der Waals surface area contributed by atoms with E-state index >= 15 is 0 Å². The van der Waals surface area contributed by atoms with Gasteiger partial charge >= 0.3 is 0 Å². The Labute approximate surface area is 208 Å². The first-order chi connectivity index (χ1) is 15.6. The highest BCUT2D eigenvalue weighted by Gasteiger charge is 2.25. The predicted octanol–water partition coefficient (Wildman–Crippen LogP) is 5.19. The maximum absolute atomic E-state index is 12.7. The third kappa shape index (κ3) is 7.75. The van der Waals surface area contributed by atoms with E-state index in [1.807, 2.05) is 40.7 Å². The van der Waals surface area contributed by atoms with Gasteiger partial charge in [0.2, 0.25) is 0 Å². The molecule has 9 heteroatoms. The first-order valence-corrected chi connectivity index (χ1v) is 11.8. The van der Waals surface area contributed by atoms with Gasteiger partial charge in [-0.15, -0.1) is 0 Å². The summed E-state index contributed by atoms with van der Waals surface area (Å²) < 4.78 is 12.2. The molecule has 2 aromatic rings. The van der Waals surface area contributed by atoms with Crippen LogP contribution >= 0.6 is 27.5 Å². The monoisotopic (exact) mass is 537 g/mol. The Kier molecular flexibility index (Phi) is 10.2. The summed E-state index contributed by atoms with van der Waals surface area (Å²) >= 11 is 9.59. The van der Waals surface area contributed by atoms with Crippen molar-refractivity contribution in [3.05, 3.63) is 57.0 Å². The van der Waals surface area contributed by atoms with E-state index in [1.54, 1.807) is 30.3 Å². The maximum atomic E-state index is 12.7. The third-order valence-corrected chi connectivity index (χ3v) is 5.35. The largest absolute Gasteiger partial charge is 0.490 e. The molecule has 0 spiro atoms. The zero-order chi connectivity index (χ0) is 24.5. The highest BCUT2D eigenvalue weighted by Crippen LogP contribution is 2.37. The van der Waals surface area contributed by atoms with Crippen LogP contribution in [0, 0.1) is 5.92 Å². The van der Waals surface area contributed by atoms with Crippen LogP contribution in [0.25, 0.3) is 0 Å². The fourth-order valence-corrected chi connectivity index (χ4v) is 3.69. The van der Waals surface area contributed by atoms with Crippen molar-refractivity contribution < 1.29 is 19.1 Å². The van der Waals surface area contributed by atoms with Crippen molar-refractivity contribution >= 4 is 45.6 Å². The standard InChI is InChI=1S/C24H29BrClN3O4/c1-6-32-20-12-16(11-18(25)22(20)33-15(4)5)13-27-29-24(31)21(14(2)3)28-23(30)17-9-7-8-10-19(17)26/h7-15,21H,6H2,1-5H3,(H,28,30)(H,29,31)/b27-13+. The van der Waals surface area contributed by atoms with E-state index in [4.69, 9.17) is 21.1 Å². The maximum Gasteiger partial charge on any atom is 0.262 e. The van der Waals surface area contributed by atoms with E-state index in [1.165, 1.54) is 6.21 Å². The van der Waals surface area contributed by atoms with Crippen molar-refractivity contribution in [1.82, 2.24) is 10.7 Å². The molecule has 7 nitrogen and oxygen atoms in total. The minimum Gasteiger partial charge on any atom is -0.490 e. The number of carbonyl (C=O) groups is 2. The van der Waals surface area contributed by atoms with Crippen molar-refractivity contribution in [2.75, 3.05) is 6.61 Å². The lowest BCUT2D eigenvalue weighted by molar-refractivity contribution is -0.123. The number of carbonyl (C=O) groups excluding carboxylic acids is 2. The van der Waals surface area contributed by atoms with Crippen LogP contribution in [0.4, 0.5) is 0 Å². The molecule has 0 aromatic heterocycles. The molecule has 0 aliphatic carbocycles. The molecular formula is C24H29BrClN3O4. The Balaban J connectivity index is 2.13. The second-order valence-electron chi connectivity index (χ2n) is 7.84. The molecule has 0 radical (unpaired) electrons. The van der Waals surface area contributed by atoms with Crippen LogP contribution in [-0.4, -0.2) is 36.8 Å². The van der Waals surface area contributed by atoms with Crippen LogP contribution in [0.2, 0.25) is 5.02 Å². The molecule has 0 saturated carbocycles. The Morgan fingerprint density at radius 2 is 1.88 bits per heavy atom. The number of amides is 2.